The zero-order valence-corrected chi connectivity index (χ0v) is 12.0. The molecule has 1 amide bonds. The molecule has 2 aromatic rings. The molecule has 0 aliphatic heterocycles. The van der Waals surface area contributed by atoms with E-state index < -0.39 is 21.7 Å². The third-order valence-corrected chi connectivity index (χ3v) is 4.74. The minimum atomic E-state index is -3.98. The highest BCUT2D eigenvalue weighted by atomic mass is 32.2. The van der Waals surface area contributed by atoms with Crippen molar-refractivity contribution in [1.82, 2.24) is 0 Å². The highest BCUT2D eigenvalue weighted by molar-refractivity contribution is 7.92. The first kappa shape index (κ1) is 15.0. The van der Waals surface area contributed by atoms with Crippen molar-refractivity contribution < 1.29 is 17.6 Å². The van der Waals surface area contributed by atoms with E-state index in [-0.39, 0.29) is 16.1 Å². The maximum Gasteiger partial charge on any atom is 0.264 e. The maximum atomic E-state index is 13.7. The van der Waals surface area contributed by atoms with Crippen LogP contribution in [0.15, 0.2) is 53.4 Å². The Balaban J connectivity index is 2.50. The molecule has 0 unspecified atom stereocenters. The molecule has 0 aliphatic carbocycles. The first-order chi connectivity index (χ1) is 9.84. The zero-order valence-electron chi connectivity index (χ0n) is 11.2. The van der Waals surface area contributed by atoms with E-state index in [1.165, 1.54) is 49.5 Å². The van der Waals surface area contributed by atoms with Crippen molar-refractivity contribution in [2.75, 3.05) is 11.4 Å². The second-order valence-electron chi connectivity index (χ2n) is 4.32. The highest BCUT2D eigenvalue weighted by Gasteiger charge is 2.23. The largest absolute Gasteiger partial charge is 0.366 e. The summed E-state index contributed by atoms with van der Waals surface area (Å²) in [5.74, 6) is -1.39. The minimum Gasteiger partial charge on any atom is -0.366 e. The number of rotatable bonds is 4. The Hall–Kier alpha value is -2.41. The molecule has 7 heteroatoms. The summed E-state index contributed by atoms with van der Waals surface area (Å²) in [5.41, 5.74) is 5.12. The minimum absolute atomic E-state index is 0.0676. The summed E-state index contributed by atoms with van der Waals surface area (Å²) in [5, 5.41) is 0. The second-order valence-corrected chi connectivity index (χ2v) is 6.29. The number of nitrogens with zero attached hydrogens (tertiary/aromatic N) is 1. The van der Waals surface area contributed by atoms with Crippen molar-refractivity contribution in [2.24, 2.45) is 5.73 Å². The van der Waals surface area contributed by atoms with Crippen molar-refractivity contribution in [2.45, 2.75) is 4.90 Å². The van der Waals surface area contributed by atoms with Gasteiger partial charge in [0.2, 0.25) is 5.91 Å². The summed E-state index contributed by atoms with van der Waals surface area (Å²) >= 11 is 0. The van der Waals surface area contributed by atoms with Crippen LogP contribution in [0.4, 0.5) is 10.1 Å². The number of hydrogen-bond donors (Lipinski definition) is 1. The van der Waals surface area contributed by atoms with Gasteiger partial charge in [0.05, 0.1) is 10.6 Å². The normalized spacial score (nSPS) is 11.1. The van der Waals surface area contributed by atoms with Crippen LogP contribution in [-0.4, -0.2) is 21.4 Å². The van der Waals surface area contributed by atoms with Crippen LogP contribution in [0.2, 0.25) is 0 Å². The van der Waals surface area contributed by atoms with Crippen LogP contribution >= 0.6 is 0 Å². The molecule has 0 radical (unpaired) electrons. The quantitative estimate of drug-likeness (QED) is 0.934. The fourth-order valence-electron chi connectivity index (χ4n) is 1.80. The van der Waals surface area contributed by atoms with Gasteiger partial charge < -0.3 is 5.73 Å². The second kappa shape index (κ2) is 5.53. The molecular formula is C14H13FN2O3S. The summed E-state index contributed by atoms with van der Waals surface area (Å²) in [7, 11) is -2.74. The van der Waals surface area contributed by atoms with Crippen LogP contribution in [-0.2, 0) is 10.0 Å². The van der Waals surface area contributed by atoms with E-state index in [9.17, 15) is 17.6 Å². The summed E-state index contributed by atoms with van der Waals surface area (Å²) in [6.07, 6.45) is 0. The summed E-state index contributed by atoms with van der Waals surface area (Å²) < 4.78 is 39.5. The fraction of sp³-hybridized carbons (Fsp3) is 0.0714. The molecule has 21 heavy (non-hydrogen) atoms. The topological polar surface area (TPSA) is 80.5 Å². The summed E-state index contributed by atoms with van der Waals surface area (Å²) in [6.45, 7) is 0. The summed E-state index contributed by atoms with van der Waals surface area (Å²) in [6, 6.07) is 10.8. The van der Waals surface area contributed by atoms with Crippen molar-refractivity contribution in [3.8, 4) is 0 Å². The van der Waals surface area contributed by atoms with Gasteiger partial charge in [0, 0.05) is 12.6 Å². The van der Waals surface area contributed by atoms with E-state index in [4.69, 9.17) is 5.73 Å². The predicted octanol–water partition coefficient (Wildman–Crippen LogP) is 1.75. The fourth-order valence-corrected chi connectivity index (χ4v) is 3.05. The average Bonchev–Trinajstić information content (AvgIpc) is 2.47. The Labute approximate surface area is 121 Å². The van der Waals surface area contributed by atoms with E-state index in [0.29, 0.717) is 0 Å². The smallest absolute Gasteiger partial charge is 0.264 e. The number of amides is 1. The lowest BCUT2D eigenvalue weighted by molar-refractivity contribution is 0.1000. The van der Waals surface area contributed by atoms with Crippen LogP contribution in [0.25, 0.3) is 0 Å². The number of benzene rings is 2. The standard InChI is InChI=1S/C14H13FN2O3S/c1-17(13-8-3-2-7-12(13)15)21(19,20)11-6-4-5-10(9-11)14(16)18/h2-9H,1H3,(H2,16,18). The lowest BCUT2D eigenvalue weighted by atomic mass is 10.2. The van der Waals surface area contributed by atoms with Gasteiger partial charge in [-0.15, -0.1) is 0 Å². The average molecular weight is 308 g/mol. The van der Waals surface area contributed by atoms with E-state index in [1.54, 1.807) is 0 Å². The van der Waals surface area contributed by atoms with Gasteiger partial charge in [0.15, 0.2) is 0 Å². The van der Waals surface area contributed by atoms with Crippen LogP contribution in [0.3, 0.4) is 0 Å². The highest BCUT2D eigenvalue weighted by Crippen LogP contribution is 2.24. The van der Waals surface area contributed by atoms with Crippen LogP contribution < -0.4 is 10.0 Å². The first-order valence-corrected chi connectivity index (χ1v) is 7.41. The van der Waals surface area contributed by atoms with E-state index in [0.717, 1.165) is 10.4 Å². The Morgan fingerprint density at radius 1 is 1.14 bits per heavy atom. The number of primary amides is 1. The Morgan fingerprint density at radius 2 is 1.81 bits per heavy atom. The van der Waals surface area contributed by atoms with Gasteiger partial charge in [-0.3, -0.25) is 9.10 Å². The molecule has 110 valence electrons. The molecule has 0 aliphatic rings. The third kappa shape index (κ3) is 2.87. The van der Waals surface area contributed by atoms with Gasteiger partial charge in [0.25, 0.3) is 10.0 Å². The number of nitrogens with two attached hydrogens (primary N) is 1. The van der Waals surface area contributed by atoms with Crippen molar-refractivity contribution >= 4 is 21.6 Å². The molecule has 0 saturated carbocycles. The lowest BCUT2D eigenvalue weighted by Crippen LogP contribution is -2.27. The molecule has 5 nitrogen and oxygen atoms in total. The summed E-state index contributed by atoms with van der Waals surface area (Å²) in [4.78, 5) is 11.0. The number of hydrogen-bond acceptors (Lipinski definition) is 3. The van der Waals surface area contributed by atoms with Crippen molar-refractivity contribution in [3.63, 3.8) is 0 Å². The van der Waals surface area contributed by atoms with Crippen molar-refractivity contribution in [3.05, 3.63) is 59.9 Å². The van der Waals surface area contributed by atoms with Crippen LogP contribution in [0, 0.1) is 5.82 Å². The molecule has 0 saturated heterocycles. The van der Waals surface area contributed by atoms with Gasteiger partial charge in [-0.2, -0.15) is 0 Å². The number of para-hydroxylation sites is 1. The van der Waals surface area contributed by atoms with Gasteiger partial charge in [-0.05, 0) is 30.3 Å². The molecule has 2 aromatic carbocycles. The Morgan fingerprint density at radius 3 is 2.43 bits per heavy atom. The molecular weight excluding hydrogens is 295 g/mol. The Bertz CT molecular complexity index is 790. The van der Waals surface area contributed by atoms with E-state index >= 15 is 0 Å². The molecule has 0 heterocycles. The van der Waals surface area contributed by atoms with Gasteiger partial charge in [-0.1, -0.05) is 18.2 Å². The number of anilines is 1. The monoisotopic (exact) mass is 308 g/mol. The molecule has 0 fully saturated rings. The number of carbonyl (C=O) groups excluding carboxylic acids is 1. The number of sulfonamides is 1. The maximum absolute atomic E-state index is 13.7. The molecule has 0 spiro atoms. The lowest BCUT2D eigenvalue weighted by Gasteiger charge is -2.20. The molecule has 0 aromatic heterocycles. The van der Waals surface area contributed by atoms with E-state index in [1.807, 2.05) is 0 Å². The SMILES string of the molecule is CN(c1ccccc1F)S(=O)(=O)c1cccc(C(N)=O)c1. The van der Waals surface area contributed by atoms with Crippen LogP contribution in [0.5, 0.6) is 0 Å². The van der Waals surface area contributed by atoms with Crippen LogP contribution in [0.1, 0.15) is 10.4 Å². The number of halogens is 1. The molecule has 2 rings (SSSR count). The molecule has 0 bridgehead atoms. The predicted molar refractivity (Wildman–Crippen MR) is 76.9 cm³/mol. The number of carbonyl (C=O) groups is 1. The first-order valence-electron chi connectivity index (χ1n) is 5.97. The van der Waals surface area contributed by atoms with Crippen molar-refractivity contribution in [1.29, 1.82) is 0 Å². The van der Waals surface area contributed by atoms with Gasteiger partial charge in [-0.25, -0.2) is 12.8 Å². The van der Waals surface area contributed by atoms with Gasteiger partial charge in [0.1, 0.15) is 5.82 Å². The third-order valence-electron chi connectivity index (χ3n) is 2.97. The molecule has 2 N–H and O–H groups in total. The zero-order chi connectivity index (χ0) is 15.6. The Kier molecular flexibility index (Phi) is 3.95. The molecule has 0 atom stereocenters. The van der Waals surface area contributed by atoms with Gasteiger partial charge >= 0.3 is 0 Å². The van der Waals surface area contributed by atoms with E-state index in [2.05, 4.69) is 0 Å².